The maximum Gasteiger partial charge on any atom is 0.263 e. The molecule has 8 heteroatoms. The molecule has 0 atom stereocenters. The molecule has 2 rings (SSSR count). The van der Waals surface area contributed by atoms with Gasteiger partial charge in [0.25, 0.3) is 10.0 Å². The van der Waals surface area contributed by atoms with E-state index < -0.39 is 26.3 Å². The van der Waals surface area contributed by atoms with E-state index >= 15 is 0 Å². The predicted octanol–water partition coefficient (Wildman–Crippen LogP) is 3.80. The summed E-state index contributed by atoms with van der Waals surface area (Å²) >= 11 is 11.6. The molecule has 0 radical (unpaired) electrons. The summed E-state index contributed by atoms with van der Waals surface area (Å²) < 4.78 is 40.2. The molecular formula is C13H7Cl2FN2O2S. The highest BCUT2D eigenvalue weighted by molar-refractivity contribution is 7.92. The lowest BCUT2D eigenvalue weighted by Crippen LogP contribution is -2.15. The van der Waals surface area contributed by atoms with Crippen molar-refractivity contribution in [3.63, 3.8) is 0 Å². The van der Waals surface area contributed by atoms with Crippen molar-refractivity contribution in [3.05, 3.63) is 57.8 Å². The zero-order valence-electron chi connectivity index (χ0n) is 10.3. The van der Waals surface area contributed by atoms with Crippen LogP contribution in [0.2, 0.25) is 10.0 Å². The molecule has 0 unspecified atom stereocenters. The lowest BCUT2D eigenvalue weighted by atomic mass is 10.2. The molecule has 0 saturated heterocycles. The van der Waals surface area contributed by atoms with Gasteiger partial charge in [-0.1, -0.05) is 29.3 Å². The molecule has 0 saturated carbocycles. The molecule has 2 aromatic rings. The summed E-state index contributed by atoms with van der Waals surface area (Å²) in [5.41, 5.74) is -0.446. The zero-order chi connectivity index (χ0) is 15.6. The third kappa shape index (κ3) is 3.45. The average molecular weight is 345 g/mol. The second kappa shape index (κ2) is 5.90. The Labute approximate surface area is 130 Å². The molecule has 0 fully saturated rings. The van der Waals surface area contributed by atoms with Crippen molar-refractivity contribution in [1.82, 2.24) is 0 Å². The number of sulfonamides is 1. The summed E-state index contributed by atoms with van der Waals surface area (Å²) in [5, 5.41) is 9.36. The molecule has 108 valence electrons. The highest BCUT2D eigenvalue weighted by Crippen LogP contribution is 2.26. The fourth-order valence-electron chi connectivity index (χ4n) is 1.66. The van der Waals surface area contributed by atoms with E-state index in [4.69, 9.17) is 28.5 Å². The topological polar surface area (TPSA) is 70.0 Å². The first-order valence-electron chi connectivity index (χ1n) is 5.51. The van der Waals surface area contributed by atoms with E-state index in [1.807, 2.05) is 0 Å². The van der Waals surface area contributed by atoms with E-state index in [0.717, 1.165) is 12.1 Å². The third-order valence-corrected chi connectivity index (χ3v) is 4.35. The zero-order valence-corrected chi connectivity index (χ0v) is 12.6. The van der Waals surface area contributed by atoms with E-state index in [9.17, 15) is 12.8 Å². The SMILES string of the molecule is N#Cc1c(F)cccc1S(=O)(=O)Nc1cc(Cl)cc(Cl)c1. The van der Waals surface area contributed by atoms with E-state index in [1.54, 1.807) is 0 Å². The second-order valence-electron chi connectivity index (χ2n) is 3.99. The monoisotopic (exact) mass is 344 g/mol. The van der Waals surface area contributed by atoms with Gasteiger partial charge in [0.2, 0.25) is 0 Å². The predicted molar refractivity (Wildman–Crippen MR) is 78.4 cm³/mol. The molecule has 0 aliphatic carbocycles. The minimum Gasteiger partial charge on any atom is -0.279 e. The van der Waals surface area contributed by atoms with Gasteiger partial charge in [0.15, 0.2) is 0 Å². The van der Waals surface area contributed by atoms with Gasteiger partial charge in [0, 0.05) is 10.0 Å². The van der Waals surface area contributed by atoms with Gasteiger partial charge < -0.3 is 0 Å². The Morgan fingerprint density at radius 1 is 1.14 bits per heavy atom. The highest BCUT2D eigenvalue weighted by Gasteiger charge is 2.21. The summed E-state index contributed by atoms with van der Waals surface area (Å²) in [6, 6.07) is 9.00. The van der Waals surface area contributed by atoms with Crippen LogP contribution in [-0.2, 0) is 10.0 Å². The Morgan fingerprint density at radius 2 is 1.76 bits per heavy atom. The van der Waals surface area contributed by atoms with Crippen LogP contribution in [0.15, 0.2) is 41.3 Å². The van der Waals surface area contributed by atoms with Gasteiger partial charge in [-0.3, -0.25) is 4.72 Å². The Kier molecular flexibility index (Phi) is 4.37. The van der Waals surface area contributed by atoms with Crippen LogP contribution in [-0.4, -0.2) is 8.42 Å². The first-order valence-corrected chi connectivity index (χ1v) is 7.75. The number of nitriles is 1. The van der Waals surface area contributed by atoms with Gasteiger partial charge in [0.05, 0.1) is 5.69 Å². The van der Waals surface area contributed by atoms with Gasteiger partial charge in [0.1, 0.15) is 22.3 Å². The fraction of sp³-hybridized carbons (Fsp3) is 0. The molecule has 4 nitrogen and oxygen atoms in total. The van der Waals surface area contributed by atoms with E-state index in [-0.39, 0.29) is 15.7 Å². The van der Waals surface area contributed by atoms with E-state index in [2.05, 4.69) is 4.72 Å². The Morgan fingerprint density at radius 3 is 2.33 bits per heavy atom. The quantitative estimate of drug-likeness (QED) is 0.920. The first kappa shape index (κ1) is 15.6. The Balaban J connectivity index is 2.49. The van der Waals surface area contributed by atoms with Crippen LogP contribution in [0.1, 0.15) is 5.56 Å². The van der Waals surface area contributed by atoms with Crippen LogP contribution >= 0.6 is 23.2 Å². The standard InChI is InChI=1S/C13H7Cl2FN2O2S/c14-8-4-9(15)6-10(5-8)18-21(19,20)13-3-1-2-12(16)11(13)7-17/h1-6,18H. The molecule has 1 N–H and O–H groups in total. The van der Waals surface area contributed by atoms with Gasteiger partial charge >= 0.3 is 0 Å². The molecular weight excluding hydrogens is 338 g/mol. The smallest absolute Gasteiger partial charge is 0.263 e. The van der Waals surface area contributed by atoms with Crippen molar-refractivity contribution < 1.29 is 12.8 Å². The summed E-state index contributed by atoms with van der Waals surface area (Å²) in [7, 11) is -4.14. The van der Waals surface area contributed by atoms with E-state index in [1.165, 1.54) is 30.3 Å². The number of halogens is 3. The summed E-state index contributed by atoms with van der Waals surface area (Å²) in [5.74, 6) is -0.912. The number of hydrogen-bond acceptors (Lipinski definition) is 3. The van der Waals surface area contributed by atoms with Gasteiger partial charge in [-0.05, 0) is 30.3 Å². The van der Waals surface area contributed by atoms with Crippen LogP contribution < -0.4 is 4.72 Å². The van der Waals surface area contributed by atoms with Crippen LogP contribution in [0.4, 0.5) is 10.1 Å². The van der Waals surface area contributed by atoms with Crippen molar-refractivity contribution in [3.8, 4) is 6.07 Å². The fourth-order valence-corrected chi connectivity index (χ4v) is 3.39. The molecule has 21 heavy (non-hydrogen) atoms. The molecule has 0 aromatic heterocycles. The van der Waals surface area contributed by atoms with Crippen LogP contribution in [0.25, 0.3) is 0 Å². The van der Waals surface area contributed by atoms with Crippen LogP contribution in [0.5, 0.6) is 0 Å². The molecule has 0 bridgehead atoms. The number of nitrogens with one attached hydrogen (secondary N) is 1. The molecule has 2 aromatic carbocycles. The number of rotatable bonds is 3. The maximum atomic E-state index is 13.5. The van der Waals surface area contributed by atoms with Crippen molar-refractivity contribution in [2.45, 2.75) is 4.90 Å². The third-order valence-electron chi connectivity index (χ3n) is 2.49. The first-order chi connectivity index (χ1) is 9.83. The average Bonchev–Trinajstić information content (AvgIpc) is 2.36. The molecule has 0 aliphatic rings. The lowest BCUT2D eigenvalue weighted by molar-refractivity contribution is 0.593. The largest absolute Gasteiger partial charge is 0.279 e. The Bertz CT molecular complexity index is 827. The molecule has 0 spiro atoms. The number of nitrogens with zero attached hydrogens (tertiary/aromatic N) is 1. The summed E-state index contributed by atoms with van der Waals surface area (Å²) in [6.45, 7) is 0. The second-order valence-corrected chi connectivity index (χ2v) is 6.51. The minimum absolute atomic E-state index is 0.112. The minimum atomic E-state index is -4.14. The van der Waals surface area contributed by atoms with Crippen molar-refractivity contribution in [2.75, 3.05) is 4.72 Å². The van der Waals surface area contributed by atoms with Gasteiger partial charge in [-0.2, -0.15) is 5.26 Å². The molecule has 0 aliphatic heterocycles. The van der Waals surface area contributed by atoms with Gasteiger partial charge in [-0.25, -0.2) is 12.8 Å². The lowest BCUT2D eigenvalue weighted by Gasteiger charge is -2.10. The number of anilines is 1. The van der Waals surface area contributed by atoms with Crippen molar-refractivity contribution >= 4 is 38.9 Å². The highest BCUT2D eigenvalue weighted by atomic mass is 35.5. The van der Waals surface area contributed by atoms with Crippen molar-refractivity contribution in [2.24, 2.45) is 0 Å². The summed E-state index contributed by atoms with van der Waals surface area (Å²) in [6.07, 6.45) is 0. The normalized spacial score (nSPS) is 11.0. The molecule has 0 amide bonds. The van der Waals surface area contributed by atoms with Gasteiger partial charge in [-0.15, -0.1) is 0 Å². The summed E-state index contributed by atoms with van der Waals surface area (Å²) in [4.78, 5) is -0.457. The van der Waals surface area contributed by atoms with Crippen molar-refractivity contribution in [1.29, 1.82) is 5.26 Å². The maximum absolute atomic E-state index is 13.5. The Hall–Kier alpha value is -1.81. The number of benzene rings is 2. The van der Waals surface area contributed by atoms with E-state index in [0.29, 0.717) is 0 Å². The molecule has 0 heterocycles. The van der Waals surface area contributed by atoms with Crippen LogP contribution in [0.3, 0.4) is 0 Å². The van der Waals surface area contributed by atoms with Crippen LogP contribution in [0, 0.1) is 17.1 Å². The number of hydrogen-bond donors (Lipinski definition) is 1.